The summed E-state index contributed by atoms with van der Waals surface area (Å²) >= 11 is 0. The molecule has 0 aliphatic carbocycles. The number of amides is 2. The minimum atomic E-state index is -0.688. The van der Waals surface area contributed by atoms with Gasteiger partial charge in [0.1, 0.15) is 0 Å². The maximum atomic E-state index is 12.8. The number of carbonyl (C=O) groups is 4. The predicted octanol–water partition coefficient (Wildman–Crippen LogP) is 3.57. The second-order valence-corrected chi connectivity index (χ2v) is 8.31. The molecular weight excluding hydrogens is 488 g/mol. The van der Waals surface area contributed by atoms with Crippen LogP contribution < -0.4 is 22.1 Å². The molecule has 38 heavy (non-hydrogen) atoms. The van der Waals surface area contributed by atoms with Gasteiger partial charge < -0.3 is 31.6 Å². The van der Waals surface area contributed by atoms with Gasteiger partial charge in [0.25, 0.3) is 0 Å². The number of anilines is 4. The smallest absolute Gasteiger partial charge is 0.338 e. The largest absolute Gasteiger partial charge is 0.462 e. The Morgan fingerprint density at radius 2 is 1.05 bits per heavy atom. The Balaban J connectivity index is 1.96. The van der Waals surface area contributed by atoms with Crippen LogP contribution in [0, 0.1) is 0 Å². The van der Waals surface area contributed by atoms with Crippen molar-refractivity contribution < 1.29 is 28.7 Å². The molecule has 6 N–H and O–H groups in total. The van der Waals surface area contributed by atoms with Crippen molar-refractivity contribution in [2.45, 2.75) is 26.7 Å². The highest BCUT2D eigenvalue weighted by atomic mass is 16.5. The number of hydrogen-bond donors (Lipinski definition) is 4. The van der Waals surface area contributed by atoms with Crippen LogP contribution in [0.3, 0.4) is 0 Å². The van der Waals surface area contributed by atoms with Gasteiger partial charge in [-0.25, -0.2) is 9.59 Å². The zero-order valence-corrected chi connectivity index (χ0v) is 21.2. The number of nitrogens with two attached hydrogens (primary N) is 2. The molecule has 0 spiro atoms. The summed E-state index contributed by atoms with van der Waals surface area (Å²) in [5, 5.41) is 5.44. The summed E-state index contributed by atoms with van der Waals surface area (Å²) in [4.78, 5) is 51.3. The number of ether oxygens (including phenoxy) is 2. The van der Waals surface area contributed by atoms with Gasteiger partial charge in [-0.1, -0.05) is 12.1 Å². The molecule has 0 saturated carbocycles. The third kappa shape index (κ3) is 7.57. The maximum absolute atomic E-state index is 12.8. The van der Waals surface area contributed by atoms with Crippen molar-refractivity contribution in [3.63, 3.8) is 0 Å². The molecule has 10 nitrogen and oxygen atoms in total. The van der Waals surface area contributed by atoms with Crippen LogP contribution in [0.1, 0.15) is 45.7 Å². The lowest BCUT2D eigenvalue weighted by atomic mass is 9.94. The van der Waals surface area contributed by atoms with Gasteiger partial charge in [-0.2, -0.15) is 0 Å². The molecular formula is C28H30N4O6. The zero-order chi connectivity index (χ0) is 27.7. The highest BCUT2D eigenvalue weighted by Crippen LogP contribution is 2.23. The number of nitrogen functional groups attached to an aromatic ring is 2. The summed E-state index contributed by atoms with van der Waals surface area (Å²) in [7, 11) is 0. The third-order valence-corrected chi connectivity index (χ3v) is 5.36. The Hall–Kier alpha value is -4.86. The van der Waals surface area contributed by atoms with E-state index in [0.29, 0.717) is 22.7 Å². The summed E-state index contributed by atoms with van der Waals surface area (Å²) < 4.78 is 10.4. The molecule has 0 aromatic heterocycles. The summed E-state index contributed by atoms with van der Waals surface area (Å²) in [5.41, 5.74) is 14.1. The first-order valence-corrected chi connectivity index (χ1v) is 12.0. The quantitative estimate of drug-likeness (QED) is 0.234. The summed E-state index contributed by atoms with van der Waals surface area (Å²) in [6.45, 7) is 3.49. The van der Waals surface area contributed by atoms with E-state index in [1.54, 1.807) is 62.4 Å². The molecule has 0 radical (unpaired) electrons. The van der Waals surface area contributed by atoms with Gasteiger partial charge in [-0.05, 0) is 73.5 Å². The first-order chi connectivity index (χ1) is 18.2. The molecule has 3 rings (SSSR count). The molecule has 3 aromatic carbocycles. The lowest BCUT2D eigenvalue weighted by Gasteiger charge is -2.16. The normalized spacial score (nSPS) is 10.4. The Morgan fingerprint density at radius 1 is 0.658 bits per heavy atom. The fourth-order valence-corrected chi connectivity index (χ4v) is 3.77. The van der Waals surface area contributed by atoms with Gasteiger partial charge in [0.2, 0.25) is 11.8 Å². The molecule has 0 heterocycles. The first kappa shape index (κ1) is 27.7. The monoisotopic (exact) mass is 518 g/mol. The minimum absolute atomic E-state index is 0.0642. The van der Waals surface area contributed by atoms with Crippen molar-refractivity contribution >= 4 is 46.5 Å². The predicted molar refractivity (Wildman–Crippen MR) is 145 cm³/mol. The van der Waals surface area contributed by atoms with Crippen LogP contribution in [0.5, 0.6) is 0 Å². The summed E-state index contributed by atoms with van der Waals surface area (Å²) in [6.07, 6.45) is -0.490. The average molecular weight is 519 g/mol. The van der Waals surface area contributed by atoms with Crippen molar-refractivity contribution in [3.8, 4) is 0 Å². The van der Waals surface area contributed by atoms with Gasteiger partial charge in [0.05, 0.1) is 37.2 Å². The highest BCUT2D eigenvalue weighted by molar-refractivity contribution is 6.01. The van der Waals surface area contributed by atoms with E-state index in [2.05, 4.69) is 10.6 Å². The van der Waals surface area contributed by atoms with Gasteiger partial charge in [-0.3, -0.25) is 9.59 Å². The second kappa shape index (κ2) is 12.9. The lowest BCUT2D eigenvalue weighted by Crippen LogP contribution is -2.21. The van der Waals surface area contributed by atoms with Crippen molar-refractivity contribution in [3.05, 3.63) is 82.9 Å². The number of hydrogen-bond acceptors (Lipinski definition) is 8. The van der Waals surface area contributed by atoms with E-state index in [1.165, 1.54) is 12.1 Å². The number of nitrogens with one attached hydrogen (secondary N) is 2. The Labute approximate surface area is 220 Å². The fraction of sp³-hybridized carbons (Fsp3) is 0.214. The molecule has 0 unspecified atom stereocenters. The molecule has 0 saturated heterocycles. The molecule has 0 aliphatic rings. The van der Waals surface area contributed by atoms with Crippen LogP contribution in [-0.4, -0.2) is 37.0 Å². The first-order valence-electron chi connectivity index (χ1n) is 12.0. The Bertz CT molecular complexity index is 1250. The van der Waals surface area contributed by atoms with E-state index in [9.17, 15) is 19.2 Å². The molecule has 0 bridgehead atoms. The van der Waals surface area contributed by atoms with Gasteiger partial charge in [-0.15, -0.1) is 0 Å². The number of carbonyl (C=O) groups excluding carboxylic acids is 4. The lowest BCUT2D eigenvalue weighted by molar-refractivity contribution is -0.116. The van der Waals surface area contributed by atoms with E-state index >= 15 is 0 Å². The standard InChI is InChI=1S/C28H30N4O6/c1-3-37-27(35)23-11-18(14-26(34)32-22-10-6-8-20(30)16-22)24(28(36)38-4-2)12-17(23)13-25(33)31-21-9-5-7-19(29)15-21/h5-12,15-16H,3-4,13-14,29-30H2,1-2H3,(H,31,33)(H,32,34). The zero-order valence-electron chi connectivity index (χ0n) is 21.2. The summed E-state index contributed by atoms with van der Waals surface area (Å²) in [6, 6.07) is 16.1. The topological polar surface area (TPSA) is 163 Å². The van der Waals surface area contributed by atoms with Crippen molar-refractivity contribution in [2.24, 2.45) is 0 Å². The van der Waals surface area contributed by atoms with Crippen molar-refractivity contribution in [1.82, 2.24) is 0 Å². The number of esters is 2. The molecule has 198 valence electrons. The van der Waals surface area contributed by atoms with Crippen LogP contribution >= 0.6 is 0 Å². The van der Waals surface area contributed by atoms with E-state index in [1.807, 2.05) is 0 Å². The van der Waals surface area contributed by atoms with E-state index < -0.39 is 23.8 Å². The molecule has 0 atom stereocenters. The number of benzene rings is 3. The molecule has 3 aromatic rings. The van der Waals surface area contributed by atoms with E-state index in [4.69, 9.17) is 20.9 Å². The van der Waals surface area contributed by atoms with Gasteiger partial charge in [0, 0.05) is 22.7 Å². The van der Waals surface area contributed by atoms with Crippen LogP contribution in [0.2, 0.25) is 0 Å². The second-order valence-electron chi connectivity index (χ2n) is 8.31. The molecule has 10 heteroatoms. The summed E-state index contributed by atoms with van der Waals surface area (Å²) in [5.74, 6) is -2.26. The van der Waals surface area contributed by atoms with Crippen LogP contribution in [0.25, 0.3) is 0 Å². The third-order valence-electron chi connectivity index (χ3n) is 5.36. The SMILES string of the molecule is CCOC(=O)c1cc(CC(=O)Nc2cccc(N)c2)c(C(=O)OCC)cc1CC(=O)Nc1cccc(N)c1. The van der Waals surface area contributed by atoms with Gasteiger partial charge >= 0.3 is 11.9 Å². The Kier molecular flexibility index (Phi) is 9.42. The van der Waals surface area contributed by atoms with Crippen LogP contribution in [0.4, 0.5) is 22.7 Å². The number of rotatable bonds is 10. The van der Waals surface area contributed by atoms with Crippen molar-refractivity contribution in [2.75, 3.05) is 35.3 Å². The Morgan fingerprint density at radius 3 is 1.39 bits per heavy atom. The molecule has 0 aliphatic heterocycles. The van der Waals surface area contributed by atoms with Crippen LogP contribution in [0.15, 0.2) is 60.7 Å². The average Bonchev–Trinajstić information content (AvgIpc) is 2.84. The van der Waals surface area contributed by atoms with E-state index in [-0.39, 0.29) is 48.3 Å². The molecule has 0 fully saturated rings. The van der Waals surface area contributed by atoms with Gasteiger partial charge in [0.15, 0.2) is 0 Å². The van der Waals surface area contributed by atoms with E-state index in [0.717, 1.165) is 0 Å². The molecule has 2 amide bonds. The minimum Gasteiger partial charge on any atom is -0.462 e. The fourth-order valence-electron chi connectivity index (χ4n) is 3.77. The van der Waals surface area contributed by atoms with Crippen LogP contribution in [-0.2, 0) is 31.9 Å². The highest BCUT2D eigenvalue weighted by Gasteiger charge is 2.23. The van der Waals surface area contributed by atoms with Crippen molar-refractivity contribution in [1.29, 1.82) is 0 Å². The maximum Gasteiger partial charge on any atom is 0.338 e.